The Balaban J connectivity index is 2.21. The van der Waals surface area contributed by atoms with Crippen LogP contribution in [0.25, 0.3) is 0 Å². The first-order chi connectivity index (χ1) is 7.58. The number of rotatable bonds is 1. The molecule has 0 N–H and O–H groups in total. The van der Waals surface area contributed by atoms with Crippen LogP contribution in [0.4, 0.5) is 5.95 Å². The van der Waals surface area contributed by atoms with Crippen molar-refractivity contribution < 1.29 is 0 Å². The van der Waals surface area contributed by atoms with Crippen molar-refractivity contribution in [3.8, 4) is 0 Å². The molecule has 0 aliphatic carbocycles. The average Bonchev–Trinajstić information content (AvgIpc) is 2.26. The van der Waals surface area contributed by atoms with Crippen LogP contribution in [0.3, 0.4) is 0 Å². The Hall–Kier alpha value is -0.100. The van der Waals surface area contributed by atoms with E-state index in [9.17, 15) is 0 Å². The predicted octanol–water partition coefficient (Wildman–Crippen LogP) is 2.30. The smallest absolute Gasteiger partial charge is 0.228 e. The van der Waals surface area contributed by atoms with Gasteiger partial charge in [-0.25, -0.2) is 0 Å². The fourth-order valence-corrected chi connectivity index (χ4v) is 2.09. The van der Waals surface area contributed by atoms with Crippen LogP contribution in [-0.4, -0.2) is 48.1 Å². The van der Waals surface area contributed by atoms with Crippen LogP contribution in [0.2, 0.25) is 10.3 Å². The van der Waals surface area contributed by atoms with Crippen molar-refractivity contribution in [2.75, 3.05) is 38.1 Å². The van der Waals surface area contributed by atoms with Gasteiger partial charge in [0.1, 0.15) is 10.3 Å². The first kappa shape index (κ1) is 12.4. The molecule has 0 radical (unpaired) electrons. The van der Waals surface area contributed by atoms with Gasteiger partial charge >= 0.3 is 0 Å². The third-order valence-corrected chi connectivity index (χ3v) is 4.30. The lowest BCUT2D eigenvalue weighted by Crippen LogP contribution is -2.45. The van der Waals surface area contributed by atoms with Gasteiger partial charge in [0, 0.05) is 26.2 Å². The van der Waals surface area contributed by atoms with Crippen molar-refractivity contribution in [2.24, 2.45) is 0 Å². The minimum atomic E-state index is 0.355. The molecule has 2 rings (SSSR count). The zero-order valence-corrected chi connectivity index (χ0v) is 11.8. The van der Waals surface area contributed by atoms with E-state index in [2.05, 4.69) is 42.7 Å². The molecule has 2 heterocycles. The van der Waals surface area contributed by atoms with Crippen LogP contribution in [-0.2, 0) is 0 Å². The van der Waals surface area contributed by atoms with Crippen molar-refractivity contribution in [2.45, 2.75) is 0 Å². The maximum atomic E-state index is 5.95. The van der Waals surface area contributed by atoms with Crippen LogP contribution in [0.1, 0.15) is 0 Å². The van der Waals surface area contributed by atoms with Gasteiger partial charge in [-0.3, -0.25) is 0 Å². The molecule has 0 aromatic carbocycles. The summed E-state index contributed by atoms with van der Waals surface area (Å²) in [5, 5.41) is 0.711. The second kappa shape index (κ2) is 5.04. The van der Waals surface area contributed by atoms with Crippen molar-refractivity contribution in [1.82, 2.24) is 14.9 Å². The summed E-state index contributed by atoms with van der Waals surface area (Å²) in [5.74, 6) is 0.603. The van der Waals surface area contributed by atoms with Crippen LogP contribution >= 0.6 is 39.1 Å². The van der Waals surface area contributed by atoms with Gasteiger partial charge in [-0.1, -0.05) is 23.2 Å². The molecule has 16 heavy (non-hydrogen) atoms. The summed E-state index contributed by atoms with van der Waals surface area (Å²) in [6.45, 7) is 3.78. The Bertz CT molecular complexity index is 370. The molecular formula is C9H11BrCl2N4. The summed E-state index contributed by atoms with van der Waals surface area (Å²) < 4.78 is 0.550. The van der Waals surface area contributed by atoms with Gasteiger partial charge in [0.25, 0.3) is 0 Å². The summed E-state index contributed by atoms with van der Waals surface area (Å²) >= 11 is 15.1. The Morgan fingerprint density at radius 2 is 1.56 bits per heavy atom. The summed E-state index contributed by atoms with van der Waals surface area (Å²) in [6, 6.07) is 0. The molecule has 7 heteroatoms. The van der Waals surface area contributed by atoms with Gasteiger partial charge in [0.15, 0.2) is 0 Å². The lowest BCUT2D eigenvalue weighted by molar-refractivity contribution is 0.311. The fourth-order valence-electron chi connectivity index (χ4n) is 1.53. The molecule has 0 amide bonds. The lowest BCUT2D eigenvalue weighted by atomic mass is 10.3. The van der Waals surface area contributed by atoms with E-state index in [1.165, 1.54) is 0 Å². The molecular weight excluding hydrogens is 315 g/mol. The largest absolute Gasteiger partial charge is 0.338 e. The Morgan fingerprint density at radius 1 is 1.06 bits per heavy atom. The van der Waals surface area contributed by atoms with E-state index in [0.29, 0.717) is 20.7 Å². The lowest BCUT2D eigenvalue weighted by Gasteiger charge is -2.32. The second-order valence-electron chi connectivity index (χ2n) is 3.71. The molecule has 1 fully saturated rings. The maximum Gasteiger partial charge on any atom is 0.228 e. The summed E-state index contributed by atoms with van der Waals surface area (Å²) in [7, 11) is 2.10. The number of hydrogen-bond acceptors (Lipinski definition) is 4. The summed E-state index contributed by atoms with van der Waals surface area (Å²) in [4.78, 5) is 12.8. The minimum Gasteiger partial charge on any atom is -0.338 e. The van der Waals surface area contributed by atoms with E-state index in [0.717, 1.165) is 26.2 Å². The standard InChI is InChI=1S/C9H11BrCl2N4/c1-15-2-4-16(5-3-15)9-13-7(11)6(10)8(12)14-9/h2-5H2,1H3. The van der Waals surface area contributed by atoms with Gasteiger partial charge in [-0.2, -0.15) is 9.97 Å². The number of aromatic nitrogens is 2. The first-order valence-corrected chi connectivity index (χ1v) is 6.45. The van der Waals surface area contributed by atoms with Crippen molar-refractivity contribution >= 4 is 45.1 Å². The Labute approximate surface area is 113 Å². The van der Waals surface area contributed by atoms with Crippen LogP contribution in [0, 0.1) is 0 Å². The molecule has 0 saturated carbocycles. The van der Waals surface area contributed by atoms with Crippen molar-refractivity contribution in [1.29, 1.82) is 0 Å². The zero-order valence-electron chi connectivity index (χ0n) is 8.75. The van der Waals surface area contributed by atoms with E-state index >= 15 is 0 Å². The molecule has 0 unspecified atom stereocenters. The molecule has 4 nitrogen and oxygen atoms in total. The first-order valence-electron chi connectivity index (χ1n) is 4.90. The number of anilines is 1. The van der Waals surface area contributed by atoms with Crippen LogP contribution in [0.15, 0.2) is 4.47 Å². The van der Waals surface area contributed by atoms with E-state index in [1.54, 1.807) is 0 Å². The monoisotopic (exact) mass is 324 g/mol. The van der Waals surface area contributed by atoms with E-state index in [-0.39, 0.29) is 0 Å². The number of piperazine rings is 1. The molecule has 0 atom stereocenters. The zero-order chi connectivity index (χ0) is 11.7. The number of likely N-dealkylation sites (N-methyl/N-ethyl adjacent to an activating group) is 1. The average molecular weight is 326 g/mol. The molecule has 1 aliphatic heterocycles. The summed E-state index contributed by atoms with van der Waals surface area (Å²) in [6.07, 6.45) is 0. The Kier molecular flexibility index (Phi) is 3.89. The molecule has 0 bridgehead atoms. The molecule has 0 spiro atoms. The molecule has 1 aromatic heterocycles. The quantitative estimate of drug-likeness (QED) is 0.742. The third-order valence-electron chi connectivity index (χ3n) is 2.54. The second-order valence-corrected chi connectivity index (χ2v) is 5.22. The van der Waals surface area contributed by atoms with E-state index in [1.807, 2.05) is 0 Å². The van der Waals surface area contributed by atoms with Crippen molar-refractivity contribution in [3.05, 3.63) is 14.8 Å². The highest BCUT2D eigenvalue weighted by atomic mass is 79.9. The van der Waals surface area contributed by atoms with Gasteiger partial charge < -0.3 is 9.80 Å². The Morgan fingerprint density at radius 3 is 2.06 bits per heavy atom. The molecule has 88 valence electrons. The normalized spacial score (nSPS) is 17.9. The fraction of sp³-hybridized carbons (Fsp3) is 0.556. The van der Waals surface area contributed by atoms with E-state index in [4.69, 9.17) is 23.2 Å². The molecule has 1 aromatic rings. The molecule has 1 saturated heterocycles. The summed E-state index contributed by atoms with van der Waals surface area (Å²) in [5.41, 5.74) is 0. The number of halogens is 3. The van der Waals surface area contributed by atoms with Gasteiger partial charge in [0.05, 0.1) is 4.47 Å². The highest BCUT2D eigenvalue weighted by Gasteiger charge is 2.18. The predicted molar refractivity (Wildman–Crippen MR) is 69.5 cm³/mol. The topological polar surface area (TPSA) is 32.3 Å². The third kappa shape index (κ3) is 2.59. The van der Waals surface area contributed by atoms with Crippen molar-refractivity contribution in [3.63, 3.8) is 0 Å². The molecule has 1 aliphatic rings. The van der Waals surface area contributed by atoms with Gasteiger partial charge in [-0.15, -0.1) is 0 Å². The minimum absolute atomic E-state index is 0.355. The number of hydrogen-bond donors (Lipinski definition) is 0. The van der Waals surface area contributed by atoms with Crippen LogP contribution in [0.5, 0.6) is 0 Å². The van der Waals surface area contributed by atoms with E-state index < -0.39 is 0 Å². The maximum absolute atomic E-state index is 5.95. The van der Waals surface area contributed by atoms with Gasteiger partial charge in [-0.05, 0) is 23.0 Å². The van der Waals surface area contributed by atoms with Gasteiger partial charge in [0.2, 0.25) is 5.95 Å². The number of nitrogens with zero attached hydrogens (tertiary/aromatic N) is 4. The van der Waals surface area contributed by atoms with Crippen LogP contribution < -0.4 is 4.90 Å². The highest BCUT2D eigenvalue weighted by molar-refractivity contribution is 9.10. The SMILES string of the molecule is CN1CCN(c2nc(Cl)c(Br)c(Cl)n2)CC1. The highest BCUT2D eigenvalue weighted by Crippen LogP contribution is 2.29.